The highest BCUT2D eigenvalue weighted by Gasteiger charge is 1.99. The van der Waals surface area contributed by atoms with Crippen molar-refractivity contribution in [2.75, 3.05) is 0 Å². The van der Waals surface area contributed by atoms with Crippen LogP contribution in [0, 0.1) is 6.92 Å². The van der Waals surface area contributed by atoms with Gasteiger partial charge in [0.1, 0.15) is 0 Å². The predicted molar refractivity (Wildman–Crippen MR) is 48.9 cm³/mol. The number of hydrogen-bond donors (Lipinski definition) is 0. The van der Waals surface area contributed by atoms with Crippen LogP contribution < -0.4 is 0 Å². The molecule has 70 valence electrons. The Kier molecular flexibility index (Phi) is 5.25. The minimum Gasteiger partial charge on any atom is -0.162 e. The van der Waals surface area contributed by atoms with Crippen molar-refractivity contribution in [1.29, 1.82) is 0 Å². The Morgan fingerprint density at radius 1 is 1.33 bits per heavy atom. The van der Waals surface area contributed by atoms with Crippen molar-refractivity contribution in [2.24, 2.45) is 0 Å². The molecule has 0 bridgehead atoms. The van der Waals surface area contributed by atoms with Crippen molar-refractivity contribution in [2.45, 2.75) is 47.1 Å². The van der Waals surface area contributed by atoms with E-state index in [2.05, 4.69) is 29.3 Å². The molecule has 1 rings (SSSR count). The van der Waals surface area contributed by atoms with E-state index in [-0.39, 0.29) is 0 Å². The Hall–Kier alpha value is -0.930. The molecule has 0 fully saturated rings. The number of nitrogens with zero attached hydrogens (tertiary/aromatic N) is 4. The monoisotopic (exact) mass is 170 g/mol. The van der Waals surface area contributed by atoms with Gasteiger partial charge in [-0.3, -0.25) is 0 Å². The highest BCUT2D eigenvalue weighted by atomic mass is 15.6. The van der Waals surface area contributed by atoms with Gasteiger partial charge in [-0.05, 0) is 26.0 Å². The molecule has 12 heavy (non-hydrogen) atoms. The van der Waals surface area contributed by atoms with E-state index in [1.54, 1.807) is 4.80 Å². The fourth-order valence-corrected chi connectivity index (χ4v) is 0.518. The Morgan fingerprint density at radius 3 is 2.00 bits per heavy atom. The van der Waals surface area contributed by atoms with E-state index in [0.717, 1.165) is 5.82 Å². The molecule has 4 heteroatoms. The van der Waals surface area contributed by atoms with Gasteiger partial charge in [0, 0.05) is 0 Å². The first-order chi connectivity index (χ1) is 5.61. The van der Waals surface area contributed by atoms with Crippen LogP contribution in [0.25, 0.3) is 0 Å². The van der Waals surface area contributed by atoms with Crippen molar-refractivity contribution < 1.29 is 0 Å². The number of hydrogen-bond acceptors (Lipinski definition) is 3. The third-order valence-corrected chi connectivity index (χ3v) is 0.990. The zero-order chi connectivity index (χ0) is 9.56. The molecule has 0 saturated carbocycles. The van der Waals surface area contributed by atoms with E-state index in [1.807, 2.05) is 20.8 Å². The molecule has 0 aromatic carbocycles. The lowest BCUT2D eigenvalue weighted by Crippen LogP contribution is -2.04. The second-order valence-electron chi connectivity index (χ2n) is 2.96. The van der Waals surface area contributed by atoms with Crippen LogP contribution >= 0.6 is 0 Å². The maximum absolute atomic E-state index is 4.00. The maximum Gasteiger partial charge on any atom is 0.171 e. The van der Waals surface area contributed by atoms with Crippen LogP contribution in [0.15, 0.2) is 0 Å². The van der Waals surface area contributed by atoms with Crippen molar-refractivity contribution in [3.05, 3.63) is 5.82 Å². The molecule has 1 heterocycles. The van der Waals surface area contributed by atoms with Crippen molar-refractivity contribution >= 4 is 0 Å². The third kappa shape index (κ3) is 4.05. The molecule has 0 spiro atoms. The summed E-state index contributed by atoms with van der Waals surface area (Å²) in [6.07, 6.45) is 1.25. The minimum absolute atomic E-state index is 0.311. The van der Waals surface area contributed by atoms with Gasteiger partial charge in [-0.15, -0.1) is 10.2 Å². The van der Waals surface area contributed by atoms with Crippen LogP contribution in [-0.4, -0.2) is 20.2 Å². The van der Waals surface area contributed by atoms with Gasteiger partial charge < -0.3 is 0 Å². The van der Waals surface area contributed by atoms with E-state index < -0.39 is 0 Å². The SMILES string of the molecule is CCC.Cc1nnn(C(C)C)n1. The number of tetrazole rings is 1. The van der Waals surface area contributed by atoms with Gasteiger partial charge in [0.15, 0.2) is 5.82 Å². The van der Waals surface area contributed by atoms with Crippen molar-refractivity contribution in [3.8, 4) is 0 Å². The van der Waals surface area contributed by atoms with Crippen LogP contribution in [0.4, 0.5) is 0 Å². The van der Waals surface area contributed by atoms with Crippen molar-refractivity contribution in [3.63, 3.8) is 0 Å². The van der Waals surface area contributed by atoms with Gasteiger partial charge in [-0.2, -0.15) is 4.80 Å². The molecule has 4 nitrogen and oxygen atoms in total. The van der Waals surface area contributed by atoms with Crippen LogP contribution in [0.2, 0.25) is 0 Å². The highest BCUT2D eigenvalue weighted by molar-refractivity contribution is 4.67. The summed E-state index contributed by atoms with van der Waals surface area (Å²) in [7, 11) is 0. The van der Waals surface area contributed by atoms with Gasteiger partial charge >= 0.3 is 0 Å². The molecule has 0 unspecified atom stereocenters. The van der Waals surface area contributed by atoms with Crippen LogP contribution in [0.5, 0.6) is 0 Å². The lowest BCUT2D eigenvalue weighted by molar-refractivity contribution is 0.454. The summed E-state index contributed by atoms with van der Waals surface area (Å²) in [5, 5.41) is 11.5. The molecule has 0 aliphatic carbocycles. The fourth-order valence-electron chi connectivity index (χ4n) is 0.518. The van der Waals surface area contributed by atoms with E-state index in [9.17, 15) is 0 Å². The second-order valence-corrected chi connectivity index (χ2v) is 2.96. The highest BCUT2D eigenvalue weighted by Crippen LogP contribution is 1.96. The number of rotatable bonds is 1. The average molecular weight is 170 g/mol. The molecule has 1 aromatic heterocycles. The van der Waals surface area contributed by atoms with E-state index in [0.29, 0.717) is 6.04 Å². The molecule has 0 saturated heterocycles. The minimum atomic E-state index is 0.311. The lowest BCUT2D eigenvalue weighted by atomic mass is 10.4. The van der Waals surface area contributed by atoms with E-state index in [4.69, 9.17) is 0 Å². The molecule has 0 aliphatic rings. The quantitative estimate of drug-likeness (QED) is 0.647. The molecular weight excluding hydrogens is 152 g/mol. The second kappa shape index (κ2) is 5.69. The standard InChI is InChI=1S/C5H10N4.C3H8/c1-4(2)9-7-5(3)6-8-9;1-3-2/h4H,1-3H3;3H2,1-2H3. The maximum atomic E-state index is 4.00. The molecule has 1 aromatic rings. The van der Waals surface area contributed by atoms with Crippen LogP contribution in [0.3, 0.4) is 0 Å². The van der Waals surface area contributed by atoms with Gasteiger partial charge in [-0.1, -0.05) is 20.3 Å². The van der Waals surface area contributed by atoms with E-state index >= 15 is 0 Å². The molecule has 0 aliphatic heterocycles. The Morgan fingerprint density at radius 2 is 1.83 bits per heavy atom. The van der Waals surface area contributed by atoms with Gasteiger partial charge in [0.05, 0.1) is 6.04 Å². The molecule has 0 radical (unpaired) electrons. The summed E-state index contributed by atoms with van der Waals surface area (Å²) in [5.74, 6) is 0.726. The summed E-state index contributed by atoms with van der Waals surface area (Å²) < 4.78 is 0. The largest absolute Gasteiger partial charge is 0.171 e. The first-order valence-electron chi connectivity index (χ1n) is 4.37. The first kappa shape index (κ1) is 11.1. The molecular formula is C8H18N4. The summed E-state index contributed by atoms with van der Waals surface area (Å²) in [6, 6.07) is 0.311. The summed E-state index contributed by atoms with van der Waals surface area (Å²) in [6.45, 7) is 10.1. The fraction of sp³-hybridized carbons (Fsp3) is 0.875. The zero-order valence-electron chi connectivity index (χ0n) is 8.57. The van der Waals surface area contributed by atoms with Gasteiger partial charge in [-0.25, -0.2) is 0 Å². The predicted octanol–water partition coefficient (Wildman–Crippen LogP) is 1.98. The first-order valence-corrected chi connectivity index (χ1v) is 4.37. The summed E-state index contributed by atoms with van der Waals surface area (Å²) in [5.41, 5.74) is 0. The van der Waals surface area contributed by atoms with Gasteiger partial charge in [0.2, 0.25) is 0 Å². The summed E-state index contributed by atoms with van der Waals surface area (Å²) in [4.78, 5) is 1.59. The van der Waals surface area contributed by atoms with Crippen molar-refractivity contribution in [1.82, 2.24) is 20.2 Å². The Bertz CT molecular complexity index is 205. The summed E-state index contributed by atoms with van der Waals surface area (Å²) >= 11 is 0. The zero-order valence-corrected chi connectivity index (χ0v) is 8.57. The number of aryl methyl sites for hydroxylation is 1. The normalized spacial score (nSPS) is 9.50. The van der Waals surface area contributed by atoms with Crippen LogP contribution in [-0.2, 0) is 0 Å². The third-order valence-electron chi connectivity index (χ3n) is 0.990. The smallest absolute Gasteiger partial charge is 0.162 e. The Labute approximate surface area is 74.0 Å². The topological polar surface area (TPSA) is 43.6 Å². The van der Waals surface area contributed by atoms with Crippen LogP contribution in [0.1, 0.15) is 46.0 Å². The molecule has 0 amide bonds. The molecule has 0 N–H and O–H groups in total. The number of aromatic nitrogens is 4. The average Bonchev–Trinajstić information content (AvgIpc) is 2.37. The van der Waals surface area contributed by atoms with Gasteiger partial charge in [0.25, 0.3) is 0 Å². The molecule has 0 atom stereocenters. The van der Waals surface area contributed by atoms with E-state index in [1.165, 1.54) is 6.42 Å². The lowest BCUT2D eigenvalue weighted by Gasteiger charge is -1.97. The Balaban J connectivity index is 0.000000354.